The Kier molecular flexibility index (Phi) is 7.67. The number of rotatable bonds is 6. The van der Waals surface area contributed by atoms with Gasteiger partial charge in [0.1, 0.15) is 27.0 Å². The summed E-state index contributed by atoms with van der Waals surface area (Å²) in [4.78, 5) is 52.8. The number of fused-ring (bicyclic) bond motifs is 1. The van der Waals surface area contributed by atoms with Crippen molar-refractivity contribution in [2.24, 2.45) is 0 Å². The van der Waals surface area contributed by atoms with Gasteiger partial charge in [0.2, 0.25) is 0 Å². The van der Waals surface area contributed by atoms with Crippen LogP contribution < -0.4 is 19.7 Å². The van der Waals surface area contributed by atoms with Gasteiger partial charge in [-0.2, -0.15) is 0 Å². The minimum atomic E-state index is -1.25. The number of carbonyl (C=O) groups is 3. The second kappa shape index (κ2) is 10.4. The van der Waals surface area contributed by atoms with Crippen molar-refractivity contribution < 1.29 is 24.6 Å². The molecule has 4 rings (SSSR count). The van der Waals surface area contributed by atoms with Gasteiger partial charge < -0.3 is 15.1 Å². The summed E-state index contributed by atoms with van der Waals surface area (Å²) >= 11 is 14.7. The Morgan fingerprint density at radius 2 is 1.81 bits per heavy atom. The first-order valence-corrected chi connectivity index (χ1v) is 13.6. The van der Waals surface area contributed by atoms with Crippen molar-refractivity contribution in [3.8, 4) is 0 Å². The fourth-order valence-corrected chi connectivity index (χ4v) is 7.58. The second-order valence-electron chi connectivity index (χ2n) is 7.63. The van der Waals surface area contributed by atoms with Gasteiger partial charge in [-0.25, -0.2) is 0 Å². The summed E-state index contributed by atoms with van der Waals surface area (Å²) in [5.41, 5.74) is 1.18. The van der Waals surface area contributed by atoms with Crippen LogP contribution in [-0.2, 0) is 20.9 Å². The number of carboxylic acid groups (broad SMARTS) is 2. The van der Waals surface area contributed by atoms with E-state index in [0.717, 1.165) is 53.8 Å². The maximum atomic E-state index is 13.2. The molecule has 3 heterocycles. The number of benzene rings is 1. The van der Waals surface area contributed by atoms with Crippen LogP contribution in [0.1, 0.15) is 13.8 Å². The Morgan fingerprint density at radius 3 is 2.44 bits per heavy atom. The fourth-order valence-electron chi connectivity index (χ4n) is 3.69. The number of thioether (sulfide) groups is 2. The molecule has 0 aliphatic carbocycles. The van der Waals surface area contributed by atoms with Crippen LogP contribution in [-0.4, -0.2) is 54.9 Å². The van der Waals surface area contributed by atoms with Gasteiger partial charge in [-0.05, 0) is 43.7 Å². The molecule has 0 saturated carbocycles. The highest BCUT2D eigenvalue weighted by atomic mass is 35.5. The van der Waals surface area contributed by atoms with Gasteiger partial charge in [0.05, 0.1) is 15.2 Å². The Labute approximate surface area is 227 Å². The van der Waals surface area contributed by atoms with Gasteiger partial charge in [-0.1, -0.05) is 47.3 Å². The summed E-state index contributed by atoms with van der Waals surface area (Å²) in [5.74, 6) is -3.17. The molecule has 1 saturated heterocycles. The van der Waals surface area contributed by atoms with E-state index in [2.05, 4.69) is 4.90 Å². The molecule has 1 aromatic heterocycles. The molecule has 2 aliphatic rings. The van der Waals surface area contributed by atoms with E-state index < -0.39 is 36.5 Å². The Balaban J connectivity index is 1.88. The van der Waals surface area contributed by atoms with Crippen LogP contribution in [0.4, 0.5) is 5.69 Å². The summed E-state index contributed by atoms with van der Waals surface area (Å²) < 4.78 is 1.41. The van der Waals surface area contributed by atoms with Gasteiger partial charge in [-0.15, -0.1) is 11.3 Å². The lowest BCUT2D eigenvalue weighted by Crippen LogP contribution is -2.36. The third-order valence-electron chi connectivity index (χ3n) is 5.20. The SMILES string of the molecule is CCN1C(=C(C)C=c2sc(=C3SC(=S)N(CC(=O)O)C3=O)n(CC(=O)O)c2=O)Sc2ccc(Cl)cc21. The quantitative estimate of drug-likeness (QED) is 0.490. The lowest BCUT2D eigenvalue weighted by atomic mass is 10.2. The molecule has 2 aromatic rings. The van der Waals surface area contributed by atoms with Crippen LogP contribution in [0.15, 0.2) is 38.5 Å². The lowest BCUT2D eigenvalue weighted by Gasteiger charge is -2.19. The smallest absolute Gasteiger partial charge is 0.323 e. The summed E-state index contributed by atoms with van der Waals surface area (Å²) in [7, 11) is 0. The summed E-state index contributed by atoms with van der Waals surface area (Å²) in [6.45, 7) is 3.24. The molecule has 1 amide bonds. The normalized spacial score (nSPS) is 18.8. The number of carboxylic acids is 2. The van der Waals surface area contributed by atoms with Crippen LogP contribution in [0, 0.1) is 0 Å². The first-order chi connectivity index (χ1) is 17.0. The zero-order valence-corrected chi connectivity index (χ0v) is 22.8. The number of carbonyl (C=O) groups excluding carboxylic acids is 1. The van der Waals surface area contributed by atoms with E-state index in [1.807, 2.05) is 32.0 Å². The Morgan fingerprint density at radius 1 is 1.11 bits per heavy atom. The number of nitrogens with zero attached hydrogens (tertiary/aromatic N) is 3. The monoisotopic (exact) mass is 583 g/mol. The molecular weight excluding hydrogens is 566 g/mol. The first kappa shape index (κ1) is 26.5. The van der Waals surface area contributed by atoms with Crippen molar-refractivity contribution in [3.63, 3.8) is 0 Å². The molecule has 1 fully saturated rings. The Hall–Kier alpha value is -2.58. The van der Waals surface area contributed by atoms with Crippen LogP contribution in [0.2, 0.25) is 5.02 Å². The van der Waals surface area contributed by atoms with Gasteiger partial charge >= 0.3 is 11.9 Å². The van der Waals surface area contributed by atoms with Crippen molar-refractivity contribution in [2.75, 3.05) is 18.0 Å². The molecule has 0 unspecified atom stereocenters. The van der Waals surface area contributed by atoms with E-state index in [0.29, 0.717) is 11.6 Å². The predicted octanol–water partition coefficient (Wildman–Crippen LogP) is 2.35. The van der Waals surface area contributed by atoms with Crippen LogP contribution in [0.25, 0.3) is 11.0 Å². The molecule has 1 aromatic carbocycles. The molecule has 0 atom stereocenters. The van der Waals surface area contributed by atoms with Gasteiger partial charge in [0.15, 0.2) is 0 Å². The van der Waals surface area contributed by atoms with E-state index in [-0.39, 0.29) is 18.4 Å². The molecule has 36 heavy (non-hydrogen) atoms. The number of halogens is 1. The minimum absolute atomic E-state index is 0.0290. The maximum absolute atomic E-state index is 13.2. The highest BCUT2D eigenvalue weighted by Gasteiger charge is 2.35. The topological polar surface area (TPSA) is 120 Å². The second-order valence-corrected chi connectivity index (χ2v) is 11.8. The lowest BCUT2D eigenvalue weighted by molar-refractivity contribution is -0.140. The third-order valence-corrected chi connectivity index (χ3v) is 9.44. The number of thiazole rings is 1. The number of aliphatic carboxylic acids is 2. The molecule has 0 radical (unpaired) electrons. The number of hydrogen-bond acceptors (Lipinski definition) is 9. The molecule has 14 heteroatoms. The van der Waals surface area contributed by atoms with Crippen LogP contribution in [0.5, 0.6) is 0 Å². The molecular formula is C22H18ClN3O6S4. The highest BCUT2D eigenvalue weighted by Crippen LogP contribution is 2.48. The Bertz CT molecular complexity index is 1540. The molecule has 0 spiro atoms. The van der Waals surface area contributed by atoms with Gasteiger partial charge in [0, 0.05) is 16.5 Å². The van der Waals surface area contributed by atoms with E-state index in [1.165, 1.54) is 11.8 Å². The van der Waals surface area contributed by atoms with Crippen molar-refractivity contribution >= 4 is 97.5 Å². The van der Waals surface area contributed by atoms with Gasteiger partial charge in [-0.3, -0.25) is 28.6 Å². The standard InChI is InChI=1S/C22H18ClN3O6S4/c1-3-24-12-7-11(23)4-5-13(12)34-20(24)10(2)6-14-18(31)25(8-15(27)28)21(35-14)17-19(32)26(9-16(29)30)22(33)36-17/h4-7H,3,8-9H2,1-2H3,(H,27,28)(H,29,30). The number of amides is 1. The summed E-state index contributed by atoms with van der Waals surface area (Å²) in [6.07, 6.45) is 1.67. The van der Waals surface area contributed by atoms with Crippen molar-refractivity contribution in [2.45, 2.75) is 25.3 Å². The number of allylic oxidation sites excluding steroid dienone is 1. The van der Waals surface area contributed by atoms with E-state index in [9.17, 15) is 24.3 Å². The molecule has 9 nitrogen and oxygen atoms in total. The molecule has 2 N–H and O–H groups in total. The average molecular weight is 584 g/mol. The number of anilines is 1. The highest BCUT2D eigenvalue weighted by molar-refractivity contribution is 8.30. The largest absolute Gasteiger partial charge is 0.480 e. The van der Waals surface area contributed by atoms with E-state index in [1.54, 1.807) is 6.08 Å². The fraction of sp³-hybridized carbons (Fsp3) is 0.227. The third kappa shape index (κ3) is 4.98. The average Bonchev–Trinajstić information content (AvgIpc) is 3.41. The zero-order valence-electron chi connectivity index (χ0n) is 18.8. The molecule has 0 bridgehead atoms. The van der Waals surface area contributed by atoms with Crippen LogP contribution >= 0.6 is 58.7 Å². The van der Waals surface area contributed by atoms with E-state index in [4.69, 9.17) is 28.9 Å². The zero-order chi connectivity index (χ0) is 26.3. The maximum Gasteiger partial charge on any atom is 0.323 e. The van der Waals surface area contributed by atoms with Crippen molar-refractivity contribution in [1.29, 1.82) is 0 Å². The van der Waals surface area contributed by atoms with Gasteiger partial charge in [0.25, 0.3) is 11.5 Å². The van der Waals surface area contributed by atoms with Crippen molar-refractivity contribution in [3.05, 3.63) is 53.4 Å². The van der Waals surface area contributed by atoms with Crippen LogP contribution in [0.3, 0.4) is 0 Å². The summed E-state index contributed by atoms with van der Waals surface area (Å²) in [5, 5.41) is 20.0. The first-order valence-electron chi connectivity index (χ1n) is 10.4. The predicted molar refractivity (Wildman–Crippen MR) is 146 cm³/mol. The molecule has 2 aliphatic heterocycles. The van der Waals surface area contributed by atoms with Crippen molar-refractivity contribution in [1.82, 2.24) is 9.47 Å². The molecule has 188 valence electrons. The van der Waals surface area contributed by atoms with E-state index >= 15 is 0 Å². The number of hydrogen-bond donors (Lipinski definition) is 2. The number of aromatic nitrogens is 1. The number of thiocarbonyl (C=S) groups is 1. The minimum Gasteiger partial charge on any atom is -0.480 e. The summed E-state index contributed by atoms with van der Waals surface area (Å²) in [6, 6.07) is 5.62.